The molecular formula is C11H10OS2. The average Bonchev–Trinajstić information content (AvgIpc) is 2.62. The maximum atomic E-state index is 10.7. The van der Waals surface area contributed by atoms with E-state index >= 15 is 0 Å². The molecule has 0 aliphatic rings. The van der Waals surface area contributed by atoms with Crippen LogP contribution in [0.3, 0.4) is 0 Å². The molecule has 2 rings (SSSR count). The fraction of sp³-hybridized carbons (Fsp3) is 0.182. The van der Waals surface area contributed by atoms with Gasteiger partial charge in [-0.25, -0.2) is 0 Å². The summed E-state index contributed by atoms with van der Waals surface area (Å²) in [6.45, 7) is 2.11. The standard InChI is InChI=1S/C11H10OS2/c1-2-7-6-14-9-4-3-8(5-12)11(13)10(7)9/h3-6,13H,2H2,1H3. The Balaban J connectivity index is 2.83. The molecule has 2 aromatic rings. The van der Waals surface area contributed by atoms with Crippen molar-refractivity contribution in [1.29, 1.82) is 0 Å². The van der Waals surface area contributed by atoms with E-state index in [1.165, 1.54) is 10.3 Å². The van der Waals surface area contributed by atoms with Crippen molar-refractivity contribution in [2.75, 3.05) is 0 Å². The molecule has 0 saturated heterocycles. The van der Waals surface area contributed by atoms with Crippen molar-refractivity contribution in [3.63, 3.8) is 0 Å². The number of fused-ring (bicyclic) bond motifs is 1. The first-order chi connectivity index (χ1) is 6.77. The molecule has 1 aromatic heterocycles. The molecule has 72 valence electrons. The highest BCUT2D eigenvalue weighted by Crippen LogP contribution is 2.33. The summed E-state index contributed by atoms with van der Waals surface area (Å²) in [4.78, 5) is 11.6. The summed E-state index contributed by atoms with van der Waals surface area (Å²) in [6.07, 6.45) is 1.84. The maximum absolute atomic E-state index is 10.7. The summed E-state index contributed by atoms with van der Waals surface area (Å²) < 4.78 is 1.21. The number of rotatable bonds is 2. The lowest BCUT2D eigenvalue weighted by Crippen LogP contribution is -1.85. The van der Waals surface area contributed by atoms with Crippen LogP contribution < -0.4 is 0 Å². The first kappa shape index (κ1) is 9.74. The van der Waals surface area contributed by atoms with Crippen LogP contribution in [0.2, 0.25) is 0 Å². The van der Waals surface area contributed by atoms with Crippen molar-refractivity contribution in [2.45, 2.75) is 18.2 Å². The van der Waals surface area contributed by atoms with Gasteiger partial charge in [-0.15, -0.1) is 24.0 Å². The van der Waals surface area contributed by atoms with Crippen molar-refractivity contribution < 1.29 is 4.79 Å². The zero-order chi connectivity index (χ0) is 10.1. The second kappa shape index (κ2) is 3.75. The lowest BCUT2D eigenvalue weighted by molar-refractivity contribution is 0.112. The third-order valence-corrected chi connectivity index (χ3v) is 3.81. The van der Waals surface area contributed by atoms with E-state index < -0.39 is 0 Å². The number of thiol groups is 1. The van der Waals surface area contributed by atoms with Gasteiger partial charge in [-0.05, 0) is 29.5 Å². The van der Waals surface area contributed by atoms with Gasteiger partial charge in [-0.1, -0.05) is 6.92 Å². The van der Waals surface area contributed by atoms with E-state index in [1.54, 1.807) is 11.3 Å². The molecule has 0 aliphatic heterocycles. The predicted octanol–water partition coefficient (Wildman–Crippen LogP) is 3.56. The van der Waals surface area contributed by atoms with E-state index in [1.807, 2.05) is 12.1 Å². The van der Waals surface area contributed by atoms with Crippen LogP contribution in [0.1, 0.15) is 22.8 Å². The second-order valence-corrected chi connectivity index (χ2v) is 4.47. The third-order valence-electron chi connectivity index (χ3n) is 2.33. The Labute approximate surface area is 92.2 Å². The van der Waals surface area contributed by atoms with E-state index in [0.29, 0.717) is 5.56 Å². The van der Waals surface area contributed by atoms with Crippen LogP contribution in [0.25, 0.3) is 10.1 Å². The van der Waals surface area contributed by atoms with Gasteiger partial charge in [-0.3, -0.25) is 4.79 Å². The molecular weight excluding hydrogens is 212 g/mol. The van der Waals surface area contributed by atoms with Gasteiger partial charge in [-0.2, -0.15) is 0 Å². The zero-order valence-corrected chi connectivity index (χ0v) is 9.49. The van der Waals surface area contributed by atoms with Crippen molar-refractivity contribution >= 4 is 40.3 Å². The number of benzene rings is 1. The Morgan fingerprint density at radius 1 is 1.50 bits per heavy atom. The number of carbonyl (C=O) groups is 1. The minimum Gasteiger partial charge on any atom is -0.298 e. The summed E-state index contributed by atoms with van der Waals surface area (Å²) in [5.41, 5.74) is 1.95. The van der Waals surface area contributed by atoms with Crippen LogP contribution in [0.15, 0.2) is 22.4 Å². The highest BCUT2D eigenvalue weighted by atomic mass is 32.1. The van der Waals surface area contributed by atoms with E-state index in [9.17, 15) is 4.79 Å². The number of thiophene rings is 1. The Bertz CT molecular complexity index is 485. The smallest absolute Gasteiger partial charge is 0.151 e. The maximum Gasteiger partial charge on any atom is 0.151 e. The van der Waals surface area contributed by atoms with Crippen LogP contribution in [0, 0.1) is 0 Å². The van der Waals surface area contributed by atoms with Crippen LogP contribution in [-0.2, 0) is 6.42 Å². The van der Waals surface area contributed by atoms with Gasteiger partial charge >= 0.3 is 0 Å². The summed E-state index contributed by atoms with van der Waals surface area (Å²) in [6, 6.07) is 3.82. The Morgan fingerprint density at radius 2 is 2.29 bits per heavy atom. The van der Waals surface area contributed by atoms with Crippen molar-refractivity contribution in [3.8, 4) is 0 Å². The van der Waals surface area contributed by atoms with E-state index in [4.69, 9.17) is 0 Å². The Morgan fingerprint density at radius 3 is 2.93 bits per heavy atom. The molecule has 1 nitrogen and oxygen atoms in total. The number of carbonyl (C=O) groups excluding carboxylic acids is 1. The molecule has 0 unspecified atom stereocenters. The van der Waals surface area contributed by atoms with E-state index in [0.717, 1.165) is 23.0 Å². The monoisotopic (exact) mass is 222 g/mol. The molecule has 0 atom stereocenters. The van der Waals surface area contributed by atoms with Gasteiger partial charge in [0.15, 0.2) is 6.29 Å². The van der Waals surface area contributed by atoms with Crippen LogP contribution >= 0.6 is 24.0 Å². The van der Waals surface area contributed by atoms with E-state index in [-0.39, 0.29) is 0 Å². The molecule has 0 fully saturated rings. The third kappa shape index (κ3) is 1.37. The first-order valence-electron chi connectivity index (χ1n) is 4.45. The molecule has 0 saturated carbocycles. The van der Waals surface area contributed by atoms with Gasteiger partial charge in [0.05, 0.1) is 0 Å². The number of hydrogen-bond donors (Lipinski definition) is 1. The fourth-order valence-electron chi connectivity index (χ4n) is 1.55. The molecule has 0 radical (unpaired) electrons. The highest BCUT2D eigenvalue weighted by molar-refractivity contribution is 7.80. The SMILES string of the molecule is CCc1csc2ccc(C=O)c(S)c12. The van der Waals surface area contributed by atoms with Crippen LogP contribution in [-0.4, -0.2) is 6.29 Å². The predicted molar refractivity (Wildman–Crippen MR) is 63.8 cm³/mol. The molecule has 1 aromatic carbocycles. The van der Waals surface area contributed by atoms with Crippen LogP contribution in [0.4, 0.5) is 0 Å². The molecule has 0 amide bonds. The van der Waals surface area contributed by atoms with Gasteiger partial charge in [0.1, 0.15) is 0 Å². The number of aryl methyl sites for hydroxylation is 1. The first-order valence-corrected chi connectivity index (χ1v) is 5.77. The van der Waals surface area contributed by atoms with Gasteiger partial charge < -0.3 is 0 Å². The van der Waals surface area contributed by atoms with Crippen molar-refractivity contribution in [2.24, 2.45) is 0 Å². The molecule has 1 heterocycles. The summed E-state index contributed by atoms with van der Waals surface area (Å²) in [7, 11) is 0. The molecule has 3 heteroatoms. The summed E-state index contributed by atoms with van der Waals surface area (Å²) >= 11 is 6.12. The lowest BCUT2D eigenvalue weighted by atomic mass is 10.1. The lowest BCUT2D eigenvalue weighted by Gasteiger charge is -2.01. The second-order valence-electron chi connectivity index (χ2n) is 3.11. The molecule has 0 N–H and O–H groups in total. The highest BCUT2D eigenvalue weighted by Gasteiger charge is 2.08. The minimum absolute atomic E-state index is 0.675. The fourth-order valence-corrected chi connectivity index (χ4v) is 3.06. The topological polar surface area (TPSA) is 17.1 Å². The molecule has 0 bridgehead atoms. The largest absolute Gasteiger partial charge is 0.298 e. The number of hydrogen-bond acceptors (Lipinski definition) is 3. The zero-order valence-electron chi connectivity index (χ0n) is 7.78. The summed E-state index contributed by atoms with van der Waals surface area (Å²) in [5.74, 6) is 0. The Kier molecular flexibility index (Phi) is 2.61. The normalized spacial score (nSPS) is 10.7. The van der Waals surface area contributed by atoms with Gasteiger partial charge in [0, 0.05) is 20.5 Å². The van der Waals surface area contributed by atoms with Crippen molar-refractivity contribution in [1.82, 2.24) is 0 Å². The number of aldehydes is 1. The van der Waals surface area contributed by atoms with Crippen molar-refractivity contribution in [3.05, 3.63) is 28.6 Å². The molecule has 0 aliphatic carbocycles. The molecule has 14 heavy (non-hydrogen) atoms. The summed E-state index contributed by atoms with van der Waals surface area (Å²) in [5, 5.41) is 3.28. The quantitative estimate of drug-likeness (QED) is 0.607. The van der Waals surface area contributed by atoms with Gasteiger partial charge in [0.2, 0.25) is 0 Å². The Hall–Kier alpha value is -0.800. The average molecular weight is 222 g/mol. The van der Waals surface area contributed by atoms with E-state index in [2.05, 4.69) is 24.9 Å². The molecule has 0 spiro atoms. The minimum atomic E-state index is 0.675. The van der Waals surface area contributed by atoms with Gasteiger partial charge in [0.25, 0.3) is 0 Å². The van der Waals surface area contributed by atoms with Crippen LogP contribution in [0.5, 0.6) is 0 Å².